The van der Waals surface area contributed by atoms with E-state index in [4.69, 9.17) is 4.74 Å². The van der Waals surface area contributed by atoms with Crippen LogP contribution in [-0.4, -0.2) is 38.1 Å². The Morgan fingerprint density at radius 1 is 1.42 bits per heavy atom. The van der Waals surface area contributed by atoms with Gasteiger partial charge in [-0.15, -0.1) is 0 Å². The molecule has 0 aliphatic heterocycles. The summed E-state index contributed by atoms with van der Waals surface area (Å²) in [5, 5.41) is 3.13. The monoisotopic (exact) mass is 268 g/mol. The Hall–Kier alpha value is -1.62. The SMILES string of the molecule is CCNCc1cccc(F)c1OCCC(=O)N(C)C. The molecule has 0 spiro atoms. The molecule has 0 aliphatic rings. The van der Waals surface area contributed by atoms with E-state index in [0.29, 0.717) is 6.54 Å². The largest absolute Gasteiger partial charge is 0.490 e. The molecule has 1 amide bonds. The minimum atomic E-state index is -0.396. The molecular formula is C14H21FN2O2. The Morgan fingerprint density at radius 3 is 2.79 bits per heavy atom. The Bertz CT molecular complexity index is 422. The highest BCUT2D eigenvalue weighted by molar-refractivity contribution is 5.75. The quantitative estimate of drug-likeness (QED) is 0.820. The molecule has 0 aliphatic carbocycles. The molecule has 0 atom stereocenters. The minimum absolute atomic E-state index is 0.0374. The zero-order valence-electron chi connectivity index (χ0n) is 11.7. The maximum atomic E-state index is 13.7. The zero-order valence-corrected chi connectivity index (χ0v) is 11.7. The predicted molar refractivity (Wildman–Crippen MR) is 72.6 cm³/mol. The molecule has 0 fully saturated rings. The molecule has 106 valence electrons. The number of hydrogen-bond acceptors (Lipinski definition) is 3. The fourth-order valence-corrected chi connectivity index (χ4v) is 1.58. The summed E-state index contributed by atoms with van der Waals surface area (Å²) in [5.41, 5.74) is 0.763. The van der Waals surface area contributed by atoms with E-state index in [0.717, 1.165) is 12.1 Å². The number of rotatable bonds is 7. The van der Waals surface area contributed by atoms with Crippen molar-refractivity contribution in [1.82, 2.24) is 10.2 Å². The topological polar surface area (TPSA) is 41.6 Å². The highest BCUT2D eigenvalue weighted by Gasteiger charge is 2.11. The number of hydrogen-bond donors (Lipinski definition) is 1. The lowest BCUT2D eigenvalue weighted by Crippen LogP contribution is -2.23. The molecule has 0 bridgehead atoms. The summed E-state index contributed by atoms with van der Waals surface area (Å²) < 4.78 is 19.1. The van der Waals surface area contributed by atoms with Crippen molar-refractivity contribution in [2.45, 2.75) is 19.9 Å². The molecule has 1 aromatic rings. The fraction of sp³-hybridized carbons (Fsp3) is 0.500. The molecule has 0 saturated carbocycles. The Kier molecular flexibility index (Phi) is 6.29. The molecule has 0 radical (unpaired) electrons. The van der Waals surface area contributed by atoms with Gasteiger partial charge in [0.1, 0.15) is 0 Å². The molecule has 0 heterocycles. The normalized spacial score (nSPS) is 10.3. The molecule has 0 unspecified atom stereocenters. The molecule has 1 aromatic carbocycles. The van der Waals surface area contributed by atoms with Gasteiger partial charge in [0.15, 0.2) is 11.6 Å². The summed E-state index contributed by atoms with van der Waals surface area (Å²) in [7, 11) is 3.37. The van der Waals surface area contributed by atoms with Gasteiger partial charge in [-0.25, -0.2) is 4.39 Å². The van der Waals surface area contributed by atoms with Crippen molar-refractivity contribution in [1.29, 1.82) is 0 Å². The van der Waals surface area contributed by atoms with Crippen molar-refractivity contribution in [2.75, 3.05) is 27.2 Å². The smallest absolute Gasteiger partial charge is 0.225 e. The van der Waals surface area contributed by atoms with Crippen LogP contribution in [0.5, 0.6) is 5.75 Å². The molecule has 4 nitrogen and oxygen atoms in total. The van der Waals surface area contributed by atoms with E-state index in [1.54, 1.807) is 20.2 Å². The van der Waals surface area contributed by atoms with E-state index in [2.05, 4.69) is 5.32 Å². The van der Waals surface area contributed by atoms with Crippen LogP contribution >= 0.6 is 0 Å². The summed E-state index contributed by atoms with van der Waals surface area (Å²) >= 11 is 0. The van der Waals surface area contributed by atoms with Crippen LogP contribution < -0.4 is 10.1 Å². The number of carbonyl (C=O) groups is 1. The summed E-state index contributed by atoms with van der Waals surface area (Å²) in [6.07, 6.45) is 0.238. The van der Waals surface area contributed by atoms with Crippen LogP contribution in [0.15, 0.2) is 18.2 Å². The Balaban J connectivity index is 2.63. The molecule has 1 N–H and O–H groups in total. The maximum Gasteiger partial charge on any atom is 0.225 e. The third-order valence-electron chi connectivity index (χ3n) is 2.68. The van der Waals surface area contributed by atoms with Gasteiger partial charge in [-0.2, -0.15) is 0 Å². The van der Waals surface area contributed by atoms with Gasteiger partial charge in [0.25, 0.3) is 0 Å². The first-order chi connectivity index (χ1) is 9.06. The number of nitrogens with zero attached hydrogens (tertiary/aromatic N) is 1. The Labute approximate surface area is 113 Å². The van der Waals surface area contributed by atoms with Gasteiger partial charge < -0.3 is 15.0 Å². The first kappa shape index (κ1) is 15.4. The number of nitrogens with one attached hydrogen (secondary N) is 1. The zero-order chi connectivity index (χ0) is 14.3. The molecule has 19 heavy (non-hydrogen) atoms. The van der Waals surface area contributed by atoms with Gasteiger partial charge in [-0.1, -0.05) is 19.1 Å². The molecule has 0 aromatic heterocycles. The fourth-order valence-electron chi connectivity index (χ4n) is 1.58. The number of benzene rings is 1. The molecular weight excluding hydrogens is 247 g/mol. The van der Waals surface area contributed by atoms with Crippen molar-refractivity contribution in [3.63, 3.8) is 0 Å². The van der Waals surface area contributed by atoms with E-state index < -0.39 is 5.82 Å². The van der Waals surface area contributed by atoms with Crippen LogP contribution in [0.25, 0.3) is 0 Å². The number of carbonyl (C=O) groups excluding carboxylic acids is 1. The first-order valence-corrected chi connectivity index (χ1v) is 6.37. The third-order valence-corrected chi connectivity index (χ3v) is 2.68. The van der Waals surface area contributed by atoms with Crippen LogP contribution in [0.3, 0.4) is 0 Å². The number of amides is 1. The average molecular weight is 268 g/mol. The second-order valence-corrected chi connectivity index (χ2v) is 4.40. The number of para-hydroxylation sites is 1. The predicted octanol–water partition coefficient (Wildman–Crippen LogP) is 1.79. The summed E-state index contributed by atoms with van der Waals surface area (Å²) in [6.45, 7) is 3.51. The van der Waals surface area contributed by atoms with Crippen LogP contribution in [0.2, 0.25) is 0 Å². The van der Waals surface area contributed by atoms with Gasteiger partial charge in [0.2, 0.25) is 5.91 Å². The van der Waals surface area contributed by atoms with Crippen molar-refractivity contribution in [3.8, 4) is 5.75 Å². The van der Waals surface area contributed by atoms with E-state index >= 15 is 0 Å². The minimum Gasteiger partial charge on any atom is -0.490 e. The van der Waals surface area contributed by atoms with Crippen LogP contribution in [0, 0.1) is 5.82 Å². The lowest BCUT2D eigenvalue weighted by atomic mass is 10.2. The summed E-state index contributed by atoms with van der Waals surface area (Å²) in [4.78, 5) is 12.9. The Morgan fingerprint density at radius 2 is 2.16 bits per heavy atom. The van der Waals surface area contributed by atoms with Crippen molar-refractivity contribution in [3.05, 3.63) is 29.6 Å². The summed E-state index contributed by atoms with van der Waals surface area (Å²) in [6, 6.07) is 4.83. The van der Waals surface area contributed by atoms with E-state index in [1.165, 1.54) is 11.0 Å². The van der Waals surface area contributed by atoms with Crippen molar-refractivity contribution >= 4 is 5.91 Å². The van der Waals surface area contributed by atoms with Gasteiger partial charge in [0.05, 0.1) is 13.0 Å². The first-order valence-electron chi connectivity index (χ1n) is 6.37. The lowest BCUT2D eigenvalue weighted by Gasteiger charge is -2.14. The molecule has 1 rings (SSSR count). The maximum absolute atomic E-state index is 13.7. The second-order valence-electron chi connectivity index (χ2n) is 4.40. The van der Waals surface area contributed by atoms with Gasteiger partial charge in [-0.05, 0) is 12.6 Å². The van der Waals surface area contributed by atoms with Gasteiger partial charge in [-0.3, -0.25) is 4.79 Å². The summed E-state index contributed by atoms with van der Waals surface area (Å²) in [5.74, 6) is -0.202. The standard InChI is InChI=1S/C14H21FN2O2/c1-4-16-10-11-6-5-7-12(15)14(11)19-9-8-13(18)17(2)3/h5-7,16H,4,8-10H2,1-3H3. The van der Waals surface area contributed by atoms with Crippen LogP contribution in [-0.2, 0) is 11.3 Å². The van der Waals surface area contributed by atoms with Crippen molar-refractivity contribution in [2.24, 2.45) is 0 Å². The lowest BCUT2D eigenvalue weighted by molar-refractivity contribution is -0.129. The van der Waals surface area contributed by atoms with Crippen LogP contribution in [0.4, 0.5) is 4.39 Å². The third kappa shape index (κ3) is 4.87. The number of ether oxygens (including phenoxy) is 1. The van der Waals surface area contributed by atoms with E-state index in [-0.39, 0.29) is 24.7 Å². The average Bonchev–Trinajstić information content (AvgIpc) is 2.38. The van der Waals surface area contributed by atoms with Crippen molar-refractivity contribution < 1.29 is 13.9 Å². The molecule has 0 saturated heterocycles. The highest BCUT2D eigenvalue weighted by atomic mass is 19.1. The van der Waals surface area contributed by atoms with Gasteiger partial charge in [0, 0.05) is 26.2 Å². The van der Waals surface area contributed by atoms with Crippen LogP contribution in [0.1, 0.15) is 18.9 Å². The van der Waals surface area contributed by atoms with Gasteiger partial charge >= 0.3 is 0 Å². The van der Waals surface area contributed by atoms with E-state index in [1.807, 2.05) is 13.0 Å². The molecule has 5 heteroatoms. The number of halogens is 1. The second kappa shape index (κ2) is 7.74. The van der Waals surface area contributed by atoms with E-state index in [9.17, 15) is 9.18 Å². The highest BCUT2D eigenvalue weighted by Crippen LogP contribution is 2.22.